The van der Waals surface area contributed by atoms with Gasteiger partial charge in [0, 0.05) is 24.6 Å². The van der Waals surface area contributed by atoms with Crippen LogP contribution < -0.4 is 15.8 Å². The first-order chi connectivity index (χ1) is 15.1. The van der Waals surface area contributed by atoms with Crippen LogP contribution in [-0.2, 0) is 9.53 Å². The Balaban J connectivity index is 1.87. The maximum atomic E-state index is 14.9. The van der Waals surface area contributed by atoms with E-state index >= 15 is 0 Å². The Morgan fingerprint density at radius 3 is 2.66 bits per heavy atom. The molecule has 10 heteroatoms. The molecule has 9 nitrogen and oxygen atoms in total. The molecule has 0 aliphatic rings. The van der Waals surface area contributed by atoms with E-state index in [4.69, 9.17) is 15.2 Å². The third kappa shape index (κ3) is 5.51. The average Bonchev–Trinajstić information content (AvgIpc) is 3.13. The van der Waals surface area contributed by atoms with Crippen LogP contribution in [0.4, 0.5) is 15.0 Å². The van der Waals surface area contributed by atoms with Crippen LogP contribution in [0, 0.1) is 11.7 Å². The highest BCUT2D eigenvalue weighted by molar-refractivity contribution is 5.88. The van der Waals surface area contributed by atoms with Crippen molar-refractivity contribution in [1.29, 1.82) is 0 Å². The molecule has 0 bridgehead atoms. The van der Waals surface area contributed by atoms with Crippen LogP contribution in [0.2, 0.25) is 0 Å². The van der Waals surface area contributed by atoms with Gasteiger partial charge >= 0.3 is 6.09 Å². The molecule has 0 radical (unpaired) electrons. The molecule has 32 heavy (non-hydrogen) atoms. The smallest absolute Gasteiger partial charge is 0.405 e. The fourth-order valence-electron chi connectivity index (χ4n) is 3.61. The molecule has 3 N–H and O–H groups in total. The minimum absolute atomic E-state index is 0.00431. The molecule has 1 atom stereocenters. The van der Waals surface area contributed by atoms with Crippen molar-refractivity contribution >= 4 is 23.5 Å². The van der Waals surface area contributed by atoms with E-state index in [1.165, 1.54) is 19.1 Å². The molecule has 1 aromatic carbocycles. The van der Waals surface area contributed by atoms with E-state index in [0.717, 1.165) is 0 Å². The average molecular weight is 443 g/mol. The van der Waals surface area contributed by atoms with E-state index in [-0.39, 0.29) is 24.2 Å². The lowest BCUT2D eigenvalue weighted by Crippen LogP contribution is -2.41. The Morgan fingerprint density at radius 2 is 2.03 bits per heavy atom. The number of primary amides is 1. The highest BCUT2D eigenvalue weighted by Crippen LogP contribution is 2.29. The molecule has 2 heterocycles. The van der Waals surface area contributed by atoms with Crippen molar-refractivity contribution in [2.45, 2.75) is 39.7 Å². The summed E-state index contributed by atoms with van der Waals surface area (Å²) in [6, 6.07) is 7.74. The zero-order chi connectivity index (χ0) is 23.5. The van der Waals surface area contributed by atoms with Crippen LogP contribution in [-0.4, -0.2) is 38.8 Å². The van der Waals surface area contributed by atoms with Crippen LogP contribution in [0.5, 0.6) is 5.75 Å². The Kier molecular flexibility index (Phi) is 6.61. The number of nitrogens with two attached hydrogens (primary N) is 1. The number of halogens is 1. The second-order valence-electron chi connectivity index (χ2n) is 8.21. The summed E-state index contributed by atoms with van der Waals surface area (Å²) < 4.78 is 27.3. The van der Waals surface area contributed by atoms with Gasteiger partial charge in [-0.2, -0.15) is 5.10 Å². The Morgan fingerprint density at radius 1 is 1.28 bits per heavy atom. The van der Waals surface area contributed by atoms with Crippen molar-refractivity contribution < 1.29 is 23.5 Å². The second-order valence-corrected chi connectivity index (χ2v) is 8.21. The van der Waals surface area contributed by atoms with Gasteiger partial charge in [-0.15, -0.1) is 0 Å². The summed E-state index contributed by atoms with van der Waals surface area (Å²) in [6.45, 7) is 6.95. The molecule has 2 aromatic heterocycles. The first-order valence-electron chi connectivity index (χ1n) is 10.1. The molecule has 0 fully saturated rings. The number of nitrogens with one attached hydrogen (secondary N) is 1. The maximum Gasteiger partial charge on any atom is 0.405 e. The van der Waals surface area contributed by atoms with Gasteiger partial charge in [0.25, 0.3) is 0 Å². The van der Waals surface area contributed by atoms with Crippen LogP contribution >= 0.6 is 0 Å². The predicted octanol–water partition coefficient (Wildman–Crippen LogP) is 3.77. The summed E-state index contributed by atoms with van der Waals surface area (Å²) in [5.74, 6) is -0.341. The number of benzene rings is 1. The van der Waals surface area contributed by atoms with E-state index in [9.17, 15) is 14.0 Å². The predicted molar refractivity (Wildman–Crippen MR) is 117 cm³/mol. The number of hydrogen-bond acceptors (Lipinski definition) is 6. The van der Waals surface area contributed by atoms with E-state index in [2.05, 4.69) is 15.4 Å². The van der Waals surface area contributed by atoms with Crippen molar-refractivity contribution in [3.63, 3.8) is 0 Å². The third-order valence-electron chi connectivity index (χ3n) is 4.61. The zero-order valence-corrected chi connectivity index (χ0v) is 18.4. The summed E-state index contributed by atoms with van der Waals surface area (Å²) in [4.78, 5) is 27.0. The minimum atomic E-state index is -0.995. The van der Waals surface area contributed by atoms with E-state index < -0.39 is 17.5 Å². The fraction of sp³-hybridized carbons (Fsp3) is 0.364. The van der Waals surface area contributed by atoms with Crippen molar-refractivity contribution in [2.75, 3.05) is 11.9 Å². The van der Waals surface area contributed by atoms with E-state index in [1.54, 1.807) is 35.8 Å². The molecule has 0 saturated carbocycles. The number of nitrogens with zero attached hydrogens (tertiary/aromatic N) is 3. The number of ether oxygens (including phenoxy) is 2. The van der Waals surface area contributed by atoms with Crippen LogP contribution in [0.25, 0.3) is 16.9 Å². The quantitative estimate of drug-likeness (QED) is 0.547. The number of anilines is 1. The molecule has 0 unspecified atom stereocenters. The number of aromatic nitrogens is 3. The first kappa shape index (κ1) is 23.0. The van der Waals surface area contributed by atoms with Gasteiger partial charge in [-0.05, 0) is 37.5 Å². The summed E-state index contributed by atoms with van der Waals surface area (Å²) in [6.07, 6.45) is 1.14. The largest absolute Gasteiger partial charge is 0.486 e. The highest BCUT2D eigenvalue weighted by atomic mass is 19.1. The third-order valence-corrected chi connectivity index (χ3v) is 4.61. The second kappa shape index (κ2) is 9.21. The van der Waals surface area contributed by atoms with Crippen molar-refractivity contribution in [2.24, 2.45) is 11.7 Å². The lowest BCUT2D eigenvalue weighted by atomic mass is 9.95. The number of hydrogen-bond donors (Lipinski definition) is 2. The van der Waals surface area contributed by atoms with Gasteiger partial charge in [0.15, 0.2) is 17.2 Å². The fourth-order valence-corrected chi connectivity index (χ4v) is 3.61. The summed E-state index contributed by atoms with van der Waals surface area (Å²) in [5.41, 5.74) is 5.74. The van der Waals surface area contributed by atoms with Gasteiger partial charge < -0.3 is 20.5 Å². The first-order valence-corrected chi connectivity index (χ1v) is 10.1. The van der Waals surface area contributed by atoms with E-state index in [0.29, 0.717) is 29.1 Å². The number of fused-ring (bicyclic) bond motifs is 1. The molecule has 170 valence electrons. The van der Waals surface area contributed by atoms with Gasteiger partial charge in [0.1, 0.15) is 18.0 Å². The molecule has 3 rings (SSSR count). The van der Waals surface area contributed by atoms with Crippen LogP contribution in [0.1, 0.15) is 34.1 Å². The summed E-state index contributed by atoms with van der Waals surface area (Å²) in [5, 5.41) is 6.85. The van der Waals surface area contributed by atoms with Crippen molar-refractivity contribution in [3.8, 4) is 17.0 Å². The number of amides is 2. The molecule has 3 aromatic rings. The lowest BCUT2D eigenvalue weighted by Gasteiger charge is -2.30. The summed E-state index contributed by atoms with van der Waals surface area (Å²) >= 11 is 0. The Hall–Kier alpha value is -3.69. The standard InChI is InChI=1S/C22H26FN5O4/c1-13(2)11-22(4,32-21(24)30)12-31-18-6-5-15(9-16(18)23)17-10-19(26-14(3)29)27-20-7-8-25-28(17)20/h5-10,13H,11-12H2,1-4H3,(H2,24,30)(H,26,27,29)/t22-/m0/s1. The maximum absolute atomic E-state index is 14.9. The molecule has 0 aliphatic carbocycles. The monoisotopic (exact) mass is 443 g/mol. The number of rotatable bonds is 8. The van der Waals surface area contributed by atoms with Gasteiger partial charge in [0.2, 0.25) is 5.91 Å². The normalized spacial score (nSPS) is 13.1. The zero-order valence-electron chi connectivity index (χ0n) is 18.4. The van der Waals surface area contributed by atoms with Crippen LogP contribution in [0.15, 0.2) is 36.5 Å². The highest BCUT2D eigenvalue weighted by Gasteiger charge is 2.31. The molecule has 0 aliphatic heterocycles. The van der Waals surface area contributed by atoms with Crippen molar-refractivity contribution in [3.05, 3.63) is 42.3 Å². The van der Waals surface area contributed by atoms with Gasteiger partial charge in [0.05, 0.1) is 11.9 Å². The molecular weight excluding hydrogens is 417 g/mol. The summed E-state index contributed by atoms with van der Waals surface area (Å²) in [7, 11) is 0. The molecular formula is C22H26FN5O4. The molecule has 0 spiro atoms. The molecule has 2 amide bonds. The Labute approximate surface area is 184 Å². The minimum Gasteiger partial charge on any atom is -0.486 e. The lowest BCUT2D eigenvalue weighted by molar-refractivity contribution is -0.114. The Bertz CT molecular complexity index is 1150. The van der Waals surface area contributed by atoms with E-state index in [1.807, 2.05) is 13.8 Å². The number of carbonyl (C=O) groups is 2. The van der Waals surface area contributed by atoms with Gasteiger partial charge in [-0.3, -0.25) is 4.79 Å². The SMILES string of the molecule is CC(=O)Nc1cc(-c2ccc(OC[C@](C)(CC(C)C)OC(N)=O)c(F)c2)n2nccc2n1. The van der Waals surface area contributed by atoms with Crippen molar-refractivity contribution in [1.82, 2.24) is 14.6 Å². The molecule has 0 saturated heterocycles. The topological polar surface area (TPSA) is 121 Å². The van der Waals surface area contributed by atoms with Crippen LogP contribution in [0.3, 0.4) is 0 Å². The van der Waals surface area contributed by atoms with Gasteiger partial charge in [-0.1, -0.05) is 13.8 Å². The van der Waals surface area contributed by atoms with Gasteiger partial charge in [-0.25, -0.2) is 18.7 Å². The number of carbonyl (C=O) groups excluding carboxylic acids is 2.